The van der Waals surface area contributed by atoms with E-state index in [0.29, 0.717) is 10.0 Å². The van der Waals surface area contributed by atoms with Gasteiger partial charge >= 0.3 is 0 Å². The smallest absolute Gasteiger partial charge is 0.0948 e. The molecule has 0 atom stereocenters. The van der Waals surface area contributed by atoms with Gasteiger partial charge in [-0.1, -0.05) is 23.2 Å². The van der Waals surface area contributed by atoms with Crippen molar-refractivity contribution in [2.24, 2.45) is 0 Å². The van der Waals surface area contributed by atoms with Gasteiger partial charge in [-0.25, -0.2) is 4.98 Å². The van der Waals surface area contributed by atoms with Crippen LogP contribution >= 0.6 is 34.5 Å². The summed E-state index contributed by atoms with van der Waals surface area (Å²) >= 11 is 13.8. The van der Waals surface area contributed by atoms with Gasteiger partial charge in [-0.15, -0.1) is 11.3 Å². The molecule has 0 aliphatic heterocycles. The number of hydrogen-bond acceptors (Lipinski definition) is 3. The second-order valence-electron chi connectivity index (χ2n) is 3.99. The Morgan fingerprint density at radius 3 is 2.78 bits per heavy atom. The predicted octanol–water partition coefficient (Wildman–Crippen LogP) is 4.19. The van der Waals surface area contributed by atoms with Crippen LogP contribution in [0.5, 0.6) is 0 Å². The SMILES string of the molecule is CNCCc1nc(-c2ccc(Cl)cc2Cl)c(C)s1. The Hall–Kier alpha value is -0.610. The Kier molecular flexibility index (Phi) is 4.62. The number of benzene rings is 1. The monoisotopic (exact) mass is 300 g/mol. The Morgan fingerprint density at radius 2 is 2.11 bits per heavy atom. The zero-order valence-electron chi connectivity index (χ0n) is 10.3. The molecule has 0 saturated carbocycles. The first-order valence-corrected chi connectivity index (χ1v) is 7.25. The maximum absolute atomic E-state index is 6.22. The molecule has 1 aromatic heterocycles. The van der Waals surface area contributed by atoms with Crippen molar-refractivity contribution in [1.82, 2.24) is 10.3 Å². The van der Waals surface area contributed by atoms with Crippen LogP contribution < -0.4 is 5.32 Å². The summed E-state index contributed by atoms with van der Waals surface area (Å²) in [7, 11) is 1.94. The van der Waals surface area contributed by atoms with E-state index in [1.807, 2.05) is 19.2 Å². The van der Waals surface area contributed by atoms with Gasteiger partial charge in [0.1, 0.15) is 0 Å². The molecule has 1 heterocycles. The molecule has 0 amide bonds. The van der Waals surface area contributed by atoms with Crippen molar-refractivity contribution in [2.45, 2.75) is 13.3 Å². The Labute approximate surface area is 121 Å². The fraction of sp³-hybridized carbons (Fsp3) is 0.308. The highest BCUT2D eigenvalue weighted by Gasteiger charge is 2.12. The zero-order chi connectivity index (χ0) is 13.1. The van der Waals surface area contributed by atoms with Crippen molar-refractivity contribution in [3.63, 3.8) is 0 Å². The number of hydrogen-bond donors (Lipinski definition) is 1. The summed E-state index contributed by atoms with van der Waals surface area (Å²) in [4.78, 5) is 5.84. The van der Waals surface area contributed by atoms with Crippen LogP contribution in [0.2, 0.25) is 10.0 Å². The highest BCUT2D eigenvalue weighted by Crippen LogP contribution is 2.34. The van der Waals surface area contributed by atoms with Crippen molar-refractivity contribution < 1.29 is 0 Å². The zero-order valence-corrected chi connectivity index (χ0v) is 12.6. The summed E-state index contributed by atoms with van der Waals surface area (Å²) in [5, 5.41) is 5.55. The number of nitrogens with zero attached hydrogens (tertiary/aromatic N) is 1. The minimum atomic E-state index is 0.645. The van der Waals surface area contributed by atoms with Crippen LogP contribution in [0.3, 0.4) is 0 Å². The topological polar surface area (TPSA) is 24.9 Å². The highest BCUT2D eigenvalue weighted by molar-refractivity contribution is 7.12. The second kappa shape index (κ2) is 6.02. The molecule has 18 heavy (non-hydrogen) atoms. The number of rotatable bonds is 4. The molecule has 1 aromatic carbocycles. The lowest BCUT2D eigenvalue weighted by molar-refractivity contribution is 0.788. The molecule has 2 rings (SSSR count). The first-order chi connectivity index (χ1) is 8.61. The second-order valence-corrected chi connectivity index (χ2v) is 6.12. The van der Waals surface area contributed by atoms with Crippen LogP contribution in [0, 0.1) is 6.92 Å². The Bertz CT molecular complexity index is 552. The maximum Gasteiger partial charge on any atom is 0.0948 e. The van der Waals surface area contributed by atoms with E-state index in [1.54, 1.807) is 17.4 Å². The molecule has 5 heteroatoms. The van der Waals surface area contributed by atoms with Gasteiger partial charge in [0.2, 0.25) is 0 Å². The standard InChI is InChI=1S/C13H14Cl2N2S/c1-8-13(17-12(18-8)5-6-16-2)10-4-3-9(14)7-11(10)15/h3-4,7,16H,5-6H2,1-2H3. The molecule has 2 aromatic rings. The van der Waals surface area contributed by atoms with E-state index >= 15 is 0 Å². The summed E-state index contributed by atoms with van der Waals surface area (Å²) in [5.41, 5.74) is 1.92. The van der Waals surface area contributed by atoms with Crippen LogP contribution in [0.15, 0.2) is 18.2 Å². The molecule has 0 saturated heterocycles. The van der Waals surface area contributed by atoms with E-state index in [9.17, 15) is 0 Å². The summed E-state index contributed by atoms with van der Waals surface area (Å²) in [6.45, 7) is 3.00. The lowest BCUT2D eigenvalue weighted by Crippen LogP contribution is -2.09. The predicted molar refractivity (Wildman–Crippen MR) is 79.9 cm³/mol. The fourth-order valence-electron chi connectivity index (χ4n) is 1.72. The molecule has 1 N–H and O–H groups in total. The molecule has 0 aliphatic carbocycles. The summed E-state index contributed by atoms with van der Waals surface area (Å²) < 4.78 is 0. The summed E-state index contributed by atoms with van der Waals surface area (Å²) in [5.74, 6) is 0. The van der Waals surface area contributed by atoms with Gasteiger partial charge in [-0.3, -0.25) is 0 Å². The minimum absolute atomic E-state index is 0.645. The van der Waals surface area contributed by atoms with Crippen LogP contribution in [-0.2, 0) is 6.42 Å². The quantitative estimate of drug-likeness (QED) is 0.916. The largest absolute Gasteiger partial charge is 0.319 e. The van der Waals surface area contributed by atoms with Crippen molar-refractivity contribution in [2.75, 3.05) is 13.6 Å². The fourth-order valence-corrected chi connectivity index (χ4v) is 3.17. The third kappa shape index (κ3) is 3.04. The van der Waals surface area contributed by atoms with Gasteiger partial charge in [-0.05, 0) is 32.2 Å². The summed E-state index contributed by atoms with van der Waals surface area (Å²) in [6.07, 6.45) is 0.938. The number of halogens is 2. The molecular formula is C13H14Cl2N2S. The van der Waals surface area contributed by atoms with Crippen LogP contribution in [0.4, 0.5) is 0 Å². The van der Waals surface area contributed by atoms with E-state index in [0.717, 1.165) is 29.2 Å². The third-order valence-corrected chi connectivity index (χ3v) is 4.19. The van der Waals surface area contributed by atoms with E-state index in [1.165, 1.54) is 4.88 Å². The van der Waals surface area contributed by atoms with E-state index in [-0.39, 0.29) is 0 Å². The Balaban J connectivity index is 2.35. The molecule has 2 nitrogen and oxygen atoms in total. The molecule has 0 radical (unpaired) electrons. The molecule has 0 spiro atoms. The van der Waals surface area contributed by atoms with Crippen LogP contribution in [0.1, 0.15) is 9.88 Å². The van der Waals surface area contributed by atoms with Crippen molar-refractivity contribution in [1.29, 1.82) is 0 Å². The molecule has 0 aliphatic rings. The number of aromatic nitrogens is 1. The van der Waals surface area contributed by atoms with Gasteiger partial charge in [0, 0.05) is 28.4 Å². The van der Waals surface area contributed by atoms with Crippen LogP contribution in [0.25, 0.3) is 11.3 Å². The van der Waals surface area contributed by atoms with Gasteiger partial charge < -0.3 is 5.32 Å². The molecule has 0 bridgehead atoms. The van der Waals surface area contributed by atoms with Gasteiger partial charge in [-0.2, -0.15) is 0 Å². The first-order valence-electron chi connectivity index (χ1n) is 5.68. The lowest BCUT2D eigenvalue weighted by Gasteiger charge is -2.02. The van der Waals surface area contributed by atoms with Crippen molar-refractivity contribution in [3.8, 4) is 11.3 Å². The van der Waals surface area contributed by atoms with Gasteiger partial charge in [0.05, 0.1) is 15.7 Å². The van der Waals surface area contributed by atoms with Crippen molar-refractivity contribution >= 4 is 34.5 Å². The third-order valence-electron chi connectivity index (χ3n) is 2.62. The molecule has 0 unspecified atom stereocenters. The van der Waals surface area contributed by atoms with Crippen molar-refractivity contribution in [3.05, 3.63) is 38.1 Å². The number of thiazole rings is 1. The number of nitrogens with one attached hydrogen (secondary N) is 1. The average Bonchev–Trinajstić information content (AvgIpc) is 2.68. The normalized spacial score (nSPS) is 10.9. The number of likely N-dealkylation sites (N-methyl/N-ethyl adjacent to an activating group) is 1. The molecular weight excluding hydrogens is 287 g/mol. The molecule has 0 fully saturated rings. The number of aryl methyl sites for hydroxylation is 1. The average molecular weight is 301 g/mol. The minimum Gasteiger partial charge on any atom is -0.319 e. The lowest BCUT2D eigenvalue weighted by atomic mass is 10.1. The highest BCUT2D eigenvalue weighted by atomic mass is 35.5. The summed E-state index contributed by atoms with van der Waals surface area (Å²) in [6, 6.07) is 5.52. The molecule has 96 valence electrons. The van der Waals surface area contributed by atoms with E-state index in [4.69, 9.17) is 23.2 Å². The Morgan fingerprint density at radius 1 is 1.33 bits per heavy atom. The maximum atomic E-state index is 6.22. The first kappa shape index (κ1) is 13.8. The van der Waals surface area contributed by atoms with E-state index < -0.39 is 0 Å². The van der Waals surface area contributed by atoms with Gasteiger partial charge in [0.15, 0.2) is 0 Å². The van der Waals surface area contributed by atoms with E-state index in [2.05, 4.69) is 17.2 Å². The van der Waals surface area contributed by atoms with Gasteiger partial charge in [0.25, 0.3) is 0 Å². The van der Waals surface area contributed by atoms with Crippen LogP contribution in [-0.4, -0.2) is 18.6 Å².